The van der Waals surface area contributed by atoms with Gasteiger partial charge in [0.25, 0.3) is 0 Å². The second-order valence-corrected chi connectivity index (χ2v) is 9.99. The van der Waals surface area contributed by atoms with Crippen molar-refractivity contribution in [2.45, 2.75) is 51.4 Å². The van der Waals surface area contributed by atoms with E-state index in [1.165, 1.54) is 17.2 Å². The first-order valence-electron chi connectivity index (χ1n) is 12.3. The maximum atomic E-state index is 13.5. The van der Waals surface area contributed by atoms with Gasteiger partial charge in [-0.2, -0.15) is 13.2 Å². The predicted molar refractivity (Wildman–Crippen MR) is 127 cm³/mol. The molecule has 36 heavy (non-hydrogen) atoms. The minimum Gasteiger partial charge on any atom is -0.493 e. The molecule has 2 fully saturated rings. The molecule has 5 rings (SSSR count). The molecule has 0 bridgehead atoms. The highest BCUT2D eigenvalue weighted by molar-refractivity contribution is 5.98. The van der Waals surface area contributed by atoms with Gasteiger partial charge >= 0.3 is 12.1 Å². The summed E-state index contributed by atoms with van der Waals surface area (Å²) in [6.45, 7) is 3.19. The number of benzene rings is 2. The molecule has 1 saturated carbocycles. The molecular weight excluding hydrogens is 473 g/mol. The van der Waals surface area contributed by atoms with Crippen LogP contribution in [0.25, 0.3) is 0 Å². The number of nitrogens with zero attached hydrogens (tertiary/aromatic N) is 2. The van der Waals surface area contributed by atoms with E-state index in [-0.39, 0.29) is 24.3 Å². The van der Waals surface area contributed by atoms with Crippen LogP contribution < -0.4 is 4.74 Å². The van der Waals surface area contributed by atoms with E-state index in [9.17, 15) is 18.0 Å². The van der Waals surface area contributed by atoms with Gasteiger partial charge in [-0.05, 0) is 79.0 Å². The van der Waals surface area contributed by atoms with Crippen molar-refractivity contribution in [2.75, 3.05) is 19.7 Å². The molecule has 6 nitrogen and oxygen atoms in total. The van der Waals surface area contributed by atoms with Crippen molar-refractivity contribution >= 4 is 11.7 Å². The maximum absolute atomic E-state index is 13.5. The fourth-order valence-corrected chi connectivity index (χ4v) is 4.89. The Morgan fingerprint density at radius 1 is 1.14 bits per heavy atom. The van der Waals surface area contributed by atoms with Gasteiger partial charge in [0.2, 0.25) is 0 Å². The first kappa shape index (κ1) is 24.6. The van der Waals surface area contributed by atoms with Gasteiger partial charge in [-0.3, -0.25) is 9.69 Å². The first-order chi connectivity index (χ1) is 17.2. The fourth-order valence-electron chi connectivity index (χ4n) is 4.89. The minimum atomic E-state index is -4.51. The number of oxime groups is 1. The average molecular weight is 503 g/mol. The van der Waals surface area contributed by atoms with Gasteiger partial charge in [-0.25, -0.2) is 0 Å². The Bertz CT molecular complexity index is 1170. The molecular formula is C27H29F3N2O4. The molecule has 2 aliphatic carbocycles. The monoisotopic (exact) mass is 502 g/mol. The lowest BCUT2D eigenvalue weighted by Crippen LogP contribution is -2.51. The Kier molecular flexibility index (Phi) is 6.68. The number of hydrogen-bond acceptors (Lipinski definition) is 5. The van der Waals surface area contributed by atoms with E-state index in [1.807, 2.05) is 6.07 Å². The zero-order chi connectivity index (χ0) is 25.4. The summed E-state index contributed by atoms with van der Waals surface area (Å²) in [4.78, 5) is 18.7. The van der Waals surface area contributed by atoms with Crippen molar-refractivity contribution in [3.8, 4) is 5.75 Å². The third kappa shape index (κ3) is 5.36. The van der Waals surface area contributed by atoms with Crippen LogP contribution in [0.3, 0.4) is 0 Å². The summed E-state index contributed by atoms with van der Waals surface area (Å²) in [5.41, 5.74) is 3.53. The Morgan fingerprint density at radius 2 is 1.92 bits per heavy atom. The van der Waals surface area contributed by atoms with Crippen LogP contribution in [0.5, 0.6) is 5.75 Å². The molecule has 0 spiro atoms. The number of carboxylic acid groups (broad SMARTS) is 1. The summed E-state index contributed by atoms with van der Waals surface area (Å²) < 4.78 is 46.0. The Balaban J connectivity index is 1.21. The maximum Gasteiger partial charge on any atom is 0.419 e. The van der Waals surface area contributed by atoms with Crippen LogP contribution >= 0.6 is 0 Å². The Morgan fingerprint density at radius 3 is 2.61 bits per heavy atom. The first-order valence-corrected chi connectivity index (χ1v) is 12.3. The topological polar surface area (TPSA) is 71.4 Å². The van der Waals surface area contributed by atoms with Crippen LogP contribution in [0.2, 0.25) is 0 Å². The number of ether oxygens (including phenoxy) is 1. The molecule has 9 heteroatoms. The summed E-state index contributed by atoms with van der Waals surface area (Å²) in [5, 5.41) is 13.3. The van der Waals surface area contributed by atoms with E-state index < -0.39 is 17.7 Å². The van der Waals surface area contributed by atoms with Crippen molar-refractivity contribution in [3.05, 3.63) is 64.2 Å². The number of fused-ring (bicyclic) bond motifs is 1. The molecule has 3 aliphatic rings. The minimum absolute atomic E-state index is 0.0873. The molecule has 1 unspecified atom stereocenters. The second-order valence-electron chi connectivity index (χ2n) is 9.99. The number of aliphatic carboxylic acids is 1. The number of carboxylic acids is 1. The predicted octanol–water partition coefficient (Wildman–Crippen LogP) is 5.44. The number of halogens is 3. The van der Waals surface area contributed by atoms with Gasteiger partial charge < -0.3 is 14.7 Å². The van der Waals surface area contributed by atoms with Crippen LogP contribution in [0.15, 0.2) is 41.6 Å². The highest BCUT2D eigenvalue weighted by Gasteiger charge is 2.39. The molecule has 0 amide bonds. The van der Waals surface area contributed by atoms with Gasteiger partial charge in [-0.1, -0.05) is 23.4 Å². The van der Waals surface area contributed by atoms with E-state index in [0.717, 1.165) is 37.3 Å². The van der Waals surface area contributed by atoms with Crippen molar-refractivity contribution in [1.29, 1.82) is 0 Å². The third-order valence-corrected chi connectivity index (χ3v) is 7.26. The molecule has 1 saturated heterocycles. The zero-order valence-electron chi connectivity index (χ0n) is 20.1. The van der Waals surface area contributed by atoms with Gasteiger partial charge in [0.05, 0.1) is 23.8 Å². The standard InChI is InChI=1S/C27H29F3N2O4/c1-16(19-5-7-22-20(11-19)6-8-24(22)32-12-21(13-32)26(33)34)31-36-15-18-4-9-25(35-14-17-2-3-17)23(10-18)27(28,29)30/h4-5,7,9-11,17,21,24H,2-3,6,8,12-15H2,1H3,(H,33,34). The molecule has 0 aromatic heterocycles. The largest absolute Gasteiger partial charge is 0.493 e. The summed E-state index contributed by atoms with van der Waals surface area (Å²) in [7, 11) is 0. The lowest BCUT2D eigenvalue weighted by Gasteiger charge is -2.41. The summed E-state index contributed by atoms with van der Waals surface area (Å²) in [6.07, 6.45) is -0.644. The lowest BCUT2D eigenvalue weighted by molar-refractivity contribution is -0.148. The molecule has 2 aromatic carbocycles. The Labute approximate surface area is 207 Å². The normalized spacial score (nSPS) is 20.7. The summed E-state index contributed by atoms with van der Waals surface area (Å²) in [5.74, 6) is -0.805. The van der Waals surface area contributed by atoms with E-state index in [0.29, 0.717) is 36.9 Å². The fraction of sp³-hybridized carbons (Fsp3) is 0.481. The van der Waals surface area contributed by atoms with Crippen molar-refractivity contribution in [3.63, 3.8) is 0 Å². The van der Waals surface area contributed by atoms with E-state index in [1.54, 1.807) is 13.0 Å². The zero-order valence-corrected chi connectivity index (χ0v) is 20.1. The highest BCUT2D eigenvalue weighted by atomic mass is 19.4. The van der Waals surface area contributed by atoms with Crippen LogP contribution in [-0.2, 0) is 28.8 Å². The van der Waals surface area contributed by atoms with Crippen LogP contribution in [0.1, 0.15) is 60.0 Å². The average Bonchev–Trinajstić information content (AvgIpc) is 3.54. The van der Waals surface area contributed by atoms with Crippen molar-refractivity contribution in [1.82, 2.24) is 4.90 Å². The highest BCUT2D eigenvalue weighted by Crippen LogP contribution is 2.40. The van der Waals surface area contributed by atoms with Gasteiger partial charge in [0, 0.05) is 19.1 Å². The van der Waals surface area contributed by atoms with Crippen molar-refractivity contribution < 1.29 is 32.6 Å². The van der Waals surface area contributed by atoms with E-state index in [4.69, 9.17) is 14.7 Å². The second kappa shape index (κ2) is 9.76. The van der Waals surface area contributed by atoms with Gasteiger partial charge in [0.1, 0.15) is 12.4 Å². The summed E-state index contributed by atoms with van der Waals surface area (Å²) >= 11 is 0. The third-order valence-electron chi connectivity index (χ3n) is 7.26. The Hall–Kier alpha value is -3.07. The molecule has 192 valence electrons. The molecule has 1 atom stereocenters. The van der Waals surface area contributed by atoms with Crippen LogP contribution in [0.4, 0.5) is 13.2 Å². The lowest BCUT2D eigenvalue weighted by atomic mass is 9.95. The number of carbonyl (C=O) groups is 1. The smallest absolute Gasteiger partial charge is 0.419 e. The molecule has 1 N–H and O–H groups in total. The number of alkyl halides is 3. The number of aryl methyl sites for hydroxylation is 1. The van der Waals surface area contributed by atoms with E-state index >= 15 is 0 Å². The number of rotatable bonds is 9. The number of likely N-dealkylation sites (tertiary alicyclic amines) is 1. The van der Waals surface area contributed by atoms with Gasteiger partial charge in [-0.15, -0.1) is 0 Å². The number of hydrogen-bond donors (Lipinski definition) is 1. The van der Waals surface area contributed by atoms with Crippen molar-refractivity contribution in [2.24, 2.45) is 17.0 Å². The SMILES string of the molecule is CC(=NOCc1ccc(OCC2CC2)c(C(F)(F)F)c1)c1ccc2c(c1)CCC2N1CC(C(=O)O)C1. The van der Waals surface area contributed by atoms with E-state index in [2.05, 4.69) is 22.2 Å². The van der Waals surface area contributed by atoms with Crippen LogP contribution in [0, 0.1) is 11.8 Å². The quantitative estimate of drug-likeness (QED) is 0.365. The molecule has 2 aromatic rings. The molecule has 1 heterocycles. The molecule has 0 radical (unpaired) electrons. The summed E-state index contributed by atoms with van der Waals surface area (Å²) in [6, 6.07) is 10.3. The van der Waals surface area contributed by atoms with Crippen LogP contribution in [-0.4, -0.2) is 41.4 Å². The molecule has 1 aliphatic heterocycles. The van der Waals surface area contributed by atoms with Gasteiger partial charge in [0.15, 0.2) is 0 Å².